The van der Waals surface area contributed by atoms with Gasteiger partial charge in [0.25, 0.3) is 5.22 Å². The summed E-state index contributed by atoms with van der Waals surface area (Å²) in [4.78, 5) is 0. The lowest BCUT2D eigenvalue weighted by Crippen LogP contribution is -1.85. The standard InChI is InChI=1S/C15H16N4O2S/c1-9(2)13-17-19-15(21-13)22-8-12-16-18-14(20-12)11-6-4-5-10(3)7-11/h4-7,9H,8H2,1-3H3. The molecule has 0 N–H and O–H groups in total. The normalized spacial score (nSPS) is 11.3. The Hall–Kier alpha value is -2.15. The van der Waals surface area contributed by atoms with Crippen molar-refractivity contribution in [2.75, 3.05) is 0 Å². The fourth-order valence-electron chi connectivity index (χ4n) is 1.84. The van der Waals surface area contributed by atoms with Gasteiger partial charge in [-0.3, -0.25) is 0 Å². The van der Waals surface area contributed by atoms with E-state index in [1.807, 2.05) is 45.0 Å². The molecule has 3 aromatic rings. The molecule has 6 nitrogen and oxygen atoms in total. The van der Waals surface area contributed by atoms with Crippen molar-refractivity contribution >= 4 is 11.8 Å². The van der Waals surface area contributed by atoms with Crippen molar-refractivity contribution in [2.24, 2.45) is 0 Å². The highest BCUT2D eigenvalue weighted by atomic mass is 32.2. The van der Waals surface area contributed by atoms with Gasteiger partial charge in [0.2, 0.25) is 17.7 Å². The first-order chi connectivity index (χ1) is 10.6. The van der Waals surface area contributed by atoms with Crippen LogP contribution in [0.1, 0.15) is 37.1 Å². The van der Waals surface area contributed by atoms with Crippen molar-refractivity contribution in [3.63, 3.8) is 0 Å². The molecule has 2 heterocycles. The van der Waals surface area contributed by atoms with E-state index in [0.29, 0.717) is 28.6 Å². The average Bonchev–Trinajstić information content (AvgIpc) is 3.14. The van der Waals surface area contributed by atoms with E-state index >= 15 is 0 Å². The zero-order valence-corrected chi connectivity index (χ0v) is 13.4. The first-order valence-corrected chi connectivity index (χ1v) is 7.96. The van der Waals surface area contributed by atoms with E-state index in [0.717, 1.165) is 11.1 Å². The third-order valence-electron chi connectivity index (χ3n) is 2.97. The Bertz CT molecular complexity index is 766. The van der Waals surface area contributed by atoms with Gasteiger partial charge < -0.3 is 8.83 Å². The number of hydrogen-bond donors (Lipinski definition) is 0. The minimum Gasteiger partial charge on any atom is -0.420 e. The average molecular weight is 316 g/mol. The summed E-state index contributed by atoms with van der Waals surface area (Å²) in [5.41, 5.74) is 2.07. The fourth-order valence-corrected chi connectivity index (χ4v) is 2.45. The maximum absolute atomic E-state index is 5.67. The molecule has 0 amide bonds. The Morgan fingerprint density at radius 3 is 2.68 bits per heavy atom. The molecule has 1 aromatic carbocycles. The van der Waals surface area contributed by atoms with Gasteiger partial charge in [0, 0.05) is 11.5 Å². The van der Waals surface area contributed by atoms with E-state index < -0.39 is 0 Å². The second-order valence-electron chi connectivity index (χ2n) is 5.22. The van der Waals surface area contributed by atoms with Gasteiger partial charge in [-0.05, 0) is 19.1 Å². The zero-order chi connectivity index (χ0) is 15.5. The summed E-state index contributed by atoms with van der Waals surface area (Å²) in [6, 6.07) is 7.95. The van der Waals surface area contributed by atoms with Gasteiger partial charge in [-0.15, -0.1) is 20.4 Å². The van der Waals surface area contributed by atoms with Crippen molar-refractivity contribution < 1.29 is 8.83 Å². The van der Waals surface area contributed by atoms with E-state index in [2.05, 4.69) is 20.4 Å². The van der Waals surface area contributed by atoms with Gasteiger partial charge in [-0.2, -0.15) is 0 Å². The molecule has 2 aromatic heterocycles. The van der Waals surface area contributed by atoms with Gasteiger partial charge in [-0.25, -0.2) is 0 Å². The summed E-state index contributed by atoms with van der Waals surface area (Å²) in [5.74, 6) is 2.41. The minimum absolute atomic E-state index is 0.221. The van der Waals surface area contributed by atoms with Crippen LogP contribution in [0, 0.1) is 6.92 Å². The maximum Gasteiger partial charge on any atom is 0.277 e. The predicted octanol–water partition coefficient (Wildman–Crippen LogP) is 3.84. The highest BCUT2D eigenvalue weighted by Crippen LogP contribution is 2.25. The van der Waals surface area contributed by atoms with Crippen LogP contribution in [0.15, 0.2) is 38.3 Å². The van der Waals surface area contributed by atoms with Crippen LogP contribution < -0.4 is 0 Å². The van der Waals surface area contributed by atoms with Crippen LogP contribution in [-0.2, 0) is 5.75 Å². The quantitative estimate of drug-likeness (QED) is 0.662. The number of benzene rings is 1. The molecule has 0 saturated heterocycles. The second kappa shape index (κ2) is 6.31. The topological polar surface area (TPSA) is 77.8 Å². The summed E-state index contributed by atoms with van der Waals surface area (Å²) in [6.45, 7) is 6.04. The maximum atomic E-state index is 5.67. The van der Waals surface area contributed by atoms with Crippen LogP contribution in [0.2, 0.25) is 0 Å². The van der Waals surface area contributed by atoms with Gasteiger partial charge in [0.1, 0.15) is 0 Å². The van der Waals surface area contributed by atoms with Gasteiger partial charge in [0.05, 0.1) is 5.75 Å². The molecule has 0 saturated carbocycles. The molecule has 0 unspecified atom stereocenters. The summed E-state index contributed by atoms with van der Waals surface area (Å²) in [6.07, 6.45) is 0. The predicted molar refractivity (Wildman–Crippen MR) is 82.4 cm³/mol. The highest BCUT2D eigenvalue weighted by Gasteiger charge is 2.13. The Balaban J connectivity index is 1.66. The minimum atomic E-state index is 0.221. The molecule has 0 bridgehead atoms. The van der Waals surface area contributed by atoms with E-state index in [1.54, 1.807) is 0 Å². The lowest BCUT2D eigenvalue weighted by molar-refractivity contribution is 0.398. The number of thioether (sulfide) groups is 1. The molecule has 0 aliphatic heterocycles. The first kappa shape index (κ1) is 14.8. The second-order valence-corrected chi connectivity index (χ2v) is 6.15. The fraction of sp³-hybridized carbons (Fsp3) is 0.333. The SMILES string of the molecule is Cc1cccc(-c2nnc(CSc3nnc(C(C)C)o3)o2)c1. The zero-order valence-electron chi connectivity index (χ0n) is 12.6. The van der Waals surface area contributed by atoms with E-state index in [1.165, 1.54) is 11.8 Å². The van der Waals surface area contributed by atoms with E-state index in [-0.39, 0.29) is 5.92 Å². The van der Waals surface area contributed by atoms with Crippen LogP contribution >= 0.6 is 11.8 Å². The Morgan fingerprint density at radius 2 is 1.95 bits per heavy atom. The lowest BCUT2D eigenvalue weighted by atomic mass is 10.1. The number of hydrogen-bond acceptors (Lipinski definition) is 7. The summed E-state index contributed by atoms with van der Waals surface area (Å²) >= 11 is 1.39. The molecule has 0 radical (unpaired) electrons. The van der Waals surface area contributed by atoms with Gasteiger partial charge >= 0.3 is 0 Å². The van der Waals surface area contributed by atoms with Crippen molar-refractivity contribution in [2.45, 2.75) is 37.7 Å². The van der Waals surface area contributed by atoms with Crippen LogP contribution in [-0.4, -0.2) is 20.4 Å². The molecular formula is C15H16N4O2S. The van der Waals surface area contributed by atoms with Crippen LogP contribution in [0.25, 0.3) is 11.5 Å². The molecule has 7 heteroatoms. The molecule has 0 aliphatic carbocycles. The van der Waals surface area contributed by atoms with Crippen LogP contribution in [0.4, 0.5) is 0 Å². The van der Waals surface area contributed by atoms with Crippen molar-refractivity contribution in [3.05, 3.63) is 41.6 Å². The number of rotatable bonds is 5. The first-order valence-electron chi connectivity index (χ1n) is 6.97. The molecule has 0 atom stereocenters. The molecule has 3 rings (SSSR count). The molecule has 22 heavy (non-hydrogen) atoms. The lowest BCUT2D eigenvalue weighted by Gasteiger charge is -1.96. The Morgan fingerprint density at radius 1 is 1.09 bits per heavy atom. The van der Waals surface area contributed by atoms with Crippen molar-refractivity contribution in [1.29, 1.82) is 0 Å². The Labute approximate surface area is 132 Å². The van der Waals surface area contributed by atoms with Gasteiger partial charge in [-0.1, -0.05) is 43.3 Å². The highest BCUT2D eigenvalue weighted by molar-refractivity contribution is 7.98. The van der Waals surface area contributed by atoms with E-state index in [4.69, 9.17) is 8.83 Å². The van der Waals surface area contributed by atoms with Crippen molar-refractivity contribution in [3.8, 4) is 11.5 Å². The summed E-state index contributed by atoms with van der Waals surface area (Å²) in [7, 11) is 0. The number of nitrogens with zero attached hydrogens (tertiary/aromatic N) is 4. The Kier molecular flexibility index (Phi) is 4.24. The third kappa shape index (κ3) is 3.36. The van der Waals surface area contributed by atoms with Crippen LogP contribution in [0.5, 0.6) is 0 Å². The summed E-state index contributed by atoms with van der Waals surface area (Å²) in [5, 5.41) is 16.6. The number of aryl methyl sites for hydroxylation is 1. The summed E-state index contributed by atoms with van der Waals surface area (Å²) < 4.78 is 11.2. The van der Waals surface area contributed by atoms with Crippen molar-refractivity contribution in [1.82, 2.24) is 20.4 Å². The molecule has 0 fully saturated rings. The molecule has 0 aliphatic rings. The largest absolute Gasteiger partial charge is 0.420 e. The molecular weight excluding hydrogens is 300 g/mol. The monoisotopic (exact) mass is 316 g/mol. The van der Waals surface area contributed by atoms with Crippen LogP contribution in [0.3, 0.4) is 0 Å². The van der Waals surface area contributed by atoms with E-state index in [9.17, 15) is 0 Å². The number of aromatic nitrogens is 4. The van der Waals surface area contributed by atoms with Gasteiger partial charge in [0.15, 0.2) is 0 Å². The third-order valence-corrected chi connectivity index (χ3v) is 3.77. The smallest absolute Gasteiger partial charge is 0.277 e. The molecule has 0 spiro atoms. The molecule has 114 valence electrons.